The summed E-state index contributed by atoms with van der Waals surface area (Å²) in [5.74, 6) is -1.34. The van der Waals surface area contributed by atoms with E-state index in [1.54, 1.807) is 18.2 Å². The molecule has 1 heterocycles. The number of nitro benzene ring substituents is 1. The first-order valence-electron chi connectivity index (χ1n) is 6.72. The summed E-state index contributed by atoms with van der Waals surface area (Å²) in [6, 6.07) is 11.3. The van der Waals surface area contributed by atoms with Crippen LogP contribution in [0.2, 0.25) is 0 Å². The maximum Gasteiger partial charge on any atom is 0.278 e. The predicted molar refractivity (Wildman–Crippen MR) is 83.7 cm³/mol. The second-order valence-electron chi connectivity index (χ2n) is 4.81. The third-order valence-electron chi connectivity index (χ3n) is 3.35. The van der Waals surface area contributed by atoms with Crippen LogP contribution in [-0.2, 0) is 0 Å². The standard InChI is InChI=1S/C17H10F2N2O2/c18-14-3-1-4-15(19)12(14)9-7-11-8-10-13-16(20-11)5-2-6-17(13)21(22)23/h1-10H/b9-7+. The molecule has 3 rings (SSSR count). The molecule has 0 saturated carbocycles. The monoisotopic (exact) mass is 312 g/mol. The number of pyridine rings is 1. The Bertz CT molecular complexity index is 919. The lowest BCUT2D eigenvalue weighted by Gasteiger charge is -2.01. The Morgan fingerprint density at radius 2 is 1.65 bits per heavy atom. The van der Waals surface area contributed by atoms with Gasteiger partial charge in [-0.05, 0) is 42.5 Å². The average Bonchev–Trinajstić information content (AvgIpc) is 2.53. The van der Waals surface area contributed by atoms with Gasteiger partial charge in [0.15, 0.2) is 0 Å². The smallest absolute Gasteiger partial charge is 0.258 e. The molecule has 23 heavy (non-hydrogen) atoms. The van der Waals surface area contributed by atoms with Crippen LogP contribution in [0.4, 0.5) is 14.5 Å². The molecule has 0 fully saturated rings. The fourth-order valence-electron chi connectivity index (χ4n) is 2.25. The van der Waals surface area contributed by atoms with Crippen molar-refractivity contribution in [1.29, 1.82) is 0 Å². The summed E-state index contributed by atoms with van der Waals surface area (Å²) < 4.78 is 27.1. The first-order chi connectivity index (χ1) is 11.1. The fourth-order valence-corrected chi connectivity index (χ4v) is 2.25. The Kier molecular flexibility index (Phi) is 3.80. The number of rotatable bonds is 3. The molecule has 0 radical (unpaired) electrons. The molecule has 3 aromatic rings. The van der Waals surface area contributed by atoms with Gasteiger partial charge in [-0.25, -0.2) is 13.8 Å². The van der Waals surface area contributed by atoms with Crippen molar-refractivity contribution in [3.05, 3.63) is 81.5 Å². The Hall–Kier alpha value is -3.15. The van der Waals surface area contributed by atoms with Gasteiger partial charge in [0.1, 0.15) is 11.6 Å². The van der Waals surface area contributed by atoms with Gasteiger partial charge in [0.2, 0.25) is 0 Å². The third-order valence-corrected chi connectivity index (χ3v) is 3.35. The van der Waals surface area contributed by atoms with Gasteiger partial charge in [-0.1, -0.05) is 12.1 Å². The number of nitrogens with zero attached hydrogens (tertiary/aromatic N) is 2. The van der Waals surface area contributed by atoms with Gasteiger partial charge in [-0.15, -0.1) is 0 Å². The lowest BCUT2D eigenvalue weighted by molar-refractivity contribution is -0.383. The summed E-state index contributed by atoms with van der Waals surface area (Å²) >= 11 is 0. The summed E-state index contributed by atoms with van der Waals surface area (Å²) in [4.78, 5) is 14.7. The van der Waals surface area contributed by atoms with Crippen molar-refractivity contribution in [3.63, 3.8) is 0 Å². The summed E-state index contributed by atoms with van der Waals surface area (Å²) in [5, 5.41) is 11.4. The predicted octanol–water partition coefficient (Wildman–Crippen LogP) is 4.59. The second kappa shape index (κ2) is 5.92. The molecule has 0 atom stereocenters. The first kappa shape index (κ1) is 14.8. The minimum absolute atomic E-state index is 0.0364. The highest BCUT2D eigenvalue weighted by atomic mass is 19.1. The Morgan fingerprint density at radius 1 is 0.957 bits per heavy atom. The van der Waals surface area contributed by atoms with Crippen molar-refractivity contribution in [2.24, 2.45) is 0 Å². The molecule has 2 aromatic carbocycles. The zero-order valence-electron chi connectivity index (χ0n) is 11.7. The van der Waals surface area contributed by atoms with Gasteiger partial charge in [0.25, 0.3) is 5.69 Å². The minimum Gasteiger partial charge on any atom is -0.258 e. The van der Waals surface area contributed by atoms with Crippen molar-refractivity contribution >= 4 is 28.7 Å². The number of nitro groups is 1. The molecule has 1 aromatic heterocycles. The van der Waals surface area contributed by atoms with Gasteiger partial charge in [0, 0.05) is 11.6 Å². The summed E-state index contributed by atoms with van der Waals surface area (Å²) in [5.41, 5.74) is 0.690. The maximum absolute atomic E-state index is 13.6. The zero-order valence-corrected chi connectivity index (χ0v) is 11.7. The Balaban J connectivity index is 2.02. The number of fused-ring (bicyclic) bond motifs is 1. The van der Waals surface area contributed by atoms with Crippen LogP contribution < -0.4 is 0 Å². The molecular weight excluding hydrogens is 302 g/mol. The molecule has 0 bridgehead atoms. The van der Waals surface area contributed by atoms with Crippen LogP contribution in [0.25, 0.3) is 23.1 Å². The number of benzene rings is 2. The average molecular weight is 312 g/mol. The molecule has 0 aliphatic carbocycles. The molecule has 0 aliphatic rings. The van der Waals surface area contributed by atoms with E-state index in [9.17, 15) is 18.9 Å². The highest BCUT2D eigenvalue weighted by Crippen LogP contribution is 2.24. The SMILES string of the molecule is O=[N+]([O-])c1cccc2nc(/C=C/c3c(F)cccc3F)ccc12. The molecule has 0 amide bonds. The van der Waals surface area contributed by atoms with Crippen LogP contribution in [-0.4, -0.2) is 9.91 Å². The minimum atomic E-state index is -0.669. The van der Waals surface area contributed by atoms with Gasteiger partial charge >= 0.3 is 0 Å². The van der Waals surface area contributed by atoms with E-state index in [0.717, 1.165) is 0 Å². The molecule has 6 heteroatoms. The topological polar surface area (TPSA) is 56.0 Å². The summed E-state index contributed by atoms with van der Waals surface area (Å²) in [6.45, 7) is 0. The van der Waals surface area contributed by atoms with E-state index in [-0.39, 0.29) is 11.3 Å². The number of aromatic nitrogens is 1. The van der Waals surface area contributed by atoms with Crippen molar-refractivity contribution in [2.45, 2.75) is 0 Å². The van der Waals surface area contributed by atoms with Crippen molar-refractivity contribution in [2.75, 3.05) is 0 Å². The molecule has 4 nitrogen and oxygen atoms in total. The molecule has 0 N–H and O–H groups in total. The third kappa shape index (κ3) is 2.91. The summed E-state index contributed by atoms with van der Waals surface area (Å²) in [6.07, 6.45) is 2.75. The fraction of sp³-hybridized carbons (Fsp3) is 0. The van der Waals surface area contributed by atoms with Gasteiger partial charge < -0.3 is 0 Å². The van der Waals surface area contributed by atoms with Crippen molar-refractivity contribution < 1.29 is 13.7 Å². The van der Waals surface area contributed by atoms with Gasteiger partial charge in [-0.2, -0.15) is 0 Å². The summed E-state index contributed by atoms with van der Waals surface area (Å²) in [7, 11) is 0. The Morgan fingerprint density at radius 3 is 2.35 bits per heavy atom. The normalized spacial score (nSPS) is 11.2. The van der Waals surface area contributed by atoms with Crippen LogP contribution in [0.1, 0.15) is 11.3 Å². The molecule has 114 valence electrons. The van der Waals surface area contributed by atoms with E-state index in [4.69, 9.17) is 0 Å². The van der Waals surface area contributed by atoms with E-state index in [0.29, 0.717) is 16.6 Å². The molecule has 0 spiro atoms. The zero-order chi connectivity index (χ0) is 16.4. The highest BCUT2D eigenvalue weighted by molar-refractivity contribution is 5.88. The van der Waals surface area contributed by atoms with Crippen LogP contribution in [0, 0.1) is 21.7 Å². The molecule has 0 saturated heterocycles. The quantitative estimate of drug-likeness (QED) is 0.525. The number of hydrogen-bond acceptors (Lipinski definition) is 3. The number of halogens is 2. The van der Waals surface area contributed by atoms with E-state index >= 15 is 0 Å². The van der Waals surface area contributed by atoms with Crippen molar-refractivity contribution in [1.82, 2.24) is 4.98 Å². The highest BCUT2D eigenvalue weighted by Gasteiger charge is 2.11. The van der Waals surface area contributed by atoms with Crippen LogP contribution in [0.15, 0.2) is 48.5 Å². The molecule has 0 aliphatic heterocycles. The maximum atomic E-state index is 13.6. The van der Waals surface area contributed by atoms with Crippen LogP contribution in [0.5, 0.6) is 0 Å². The van der Waals surface area contributed by atoms with Crippen LogP contribution in [0.3, 0.4) is 0 Å². The number of non-ortho nitro benzene ring substituents is 1. The second-order valence-corrected chi connectivity index (χ2v) is 4.81. The molecular formula is C17H10F2N2O2. The first-order valence-corrected chi connectivity index (χ1v) is 6.72. The molecule has 0 unspecified atom stereocenters. The van der Waals surface area contributed by atoms with Gasteiger partial charge in [-0.3, -0.25) is 10.1 Å². The van der Waals surface area contributed by atoms with E-state index in [2.05, 4.69) is 4.98 Å². The van der Waals surface area contributed by atoms with E-state index in [1.807, 2.05) is 0 Å². The number of hydrogen-bond donors (Lipinski definition) is 0. The van der Waals surface area contributed by atoms with E-state index < -0.39 is 16.6 Å². The van der Waals surface area contributed by atoms with E-state index in [1.165, 1.54) is 42.5 Å². The van der Waals surface area contributed by atoms with Crippen LogP contribution >= 0.6 is 0 Å². The largest absolute Gasteiger partial charge is 0.278 e. The lowest BCUT2D eigenvalue weighted by Crippen LogP contribution is -1.91. The van der Waals surface area contributed by atoms with Gasteiger partial charge in [0.05, 0.1) is 21.5 Å². The lowest BCUT2D eigenvalue weighted by atomic mass is 10.1. The van der Waals surface area contributed by atoms with Crippen molar-refractivity contribution in [3.8, 4) is 0 Å². The Labute approximate surface area is 129 Å².